The molecule has 1 atom stereocenters. The van der Waals surface area contributed by atoms with Crippen molar-refractivity contribution >= 4 is 29.3 Å². The van der Waals surface area contributed by atoms with E-state index in [1.54, 1.807) is 81.6 Å². The zero-order chi connectivity index (χ0) is 24.7. The predicted octanol–water partition coefficient (Wildman–Crippen LogP) is 4.24. The number of aliphatic carboxylic acids is 1. The minimum absolute atomic E-state index is 0.240. The van der Waals surface area contributed by atoms with E-state index in [-0.39, 0.29) is 5.92 Å². The first-order valence-corrected chi connectivity index (χ1v) is 10.6. The summed E-state index contributed by atoms with van der Waals surface area (Å²) in [5.74, 6) is -1.08. The van der Waals surface area contributed by atoms with E-state index in [2.05, 4.69) is 20.9 Å². The maximum Gasteiger partial charge on any atom is 0.326 e. The van der Waals surface area contributed by atoms with Crippen LogP contribution in [0.3, 0.4) is 0 Å². The number of methoxy groups -OCH3 is 1. The second kappa shape index (κ2) is 11.0. The molecule has 4 N–H and O–H groups in total. The Morgan fingerprint density at radius 3 is 2.03 bits per heavy atom. The second-order valence-corrected chi connectivity index (χ2v) is 7.85. The molecule has 0 spiro atoms. The fraction of sp³-hybridized carbons (Fsp3) is 0.200. The zero-order valence-corrected chi connectivity index (χ0v) is 19.0. The number of ether oxygens (including phenoxy) is 1. The maximum absolute atomic E-state index is 12.4. The zero-order valence-electron chi connectivity index (χ0n) is 19.0. The lowest BCUT2D eigenvalue weighted by molar-refractivity contribution is -0.140. The summed E-state index contributed by atoms with van der Waals surface area (Å²) in [5, 5.41) is 17.2. The molecular formula is C25H26N4O5. The Morgan fingerprint density at radius 1 is 0.882 bits per heavy atom. The fourth-order valence-electron chi connectivity index (χ4n) is 3.14. The van der Waals surface area contributed by atoms with Gasteiger partial charge in [0.1, 0.15) is 11.8 Å². The highest BCUT2D eigenvalue weighted by Crippen LogP contribution is 2.20. The molecule has 9 heteroatoms. The Balaban J connectivity index is 1.60. The Morgan fingerprint density at radius 2 is 1.50 bits per heavy atom. The van der Waals surface area contributed by atoms with Gasteiger partial charge >= 0.3 is 12.0 Å². The van der Waals surface area contributed by atoms with Gasteiger partial charge in [-0.2, -0.15) is 0 Å². The van der Waals surface area contributed by atoms with Crippen LogP contribution in [-0.4, -0.2) is 41.1 Å². The summed E-state index contributed by atoms with van der Waals surface area (Å²) in [6.45, 7) is 3.46. The monoisotopic (exact) mass is 462 g/mol. The number of nitrogens with zero attached hydrogens (tertiary/aromatic N) is 1. The fourth-order valence-corrected chi connectivity index (χ4v) is 3.14. The van der Waals surface area contributed by atoms with Gasteiger partial charge in [-0.15, -0.1) is 0 Å². The van der Waals surface area contributed by atoms with Crippen molar-refractivity contribution in [1.82, 2.24) is 10.3 Å². The van der Waals surface area contributed by atoms with Gasteiger partial charge in [0.15, 0.2) is 0 Å². The number of pyridine rings is 1. The van der Waals surface area contributed by atoms with Gasteiger partial charge in [-0.1, -0.05) is 26.0 Å². The highest BCUT2D eigenvalue weighted by molar-refractivity contribution is 6.00. The molecule has 0 aliphatic heterocycles. The standard InChI is InChI=1S/C25H26N4O5/c1-15(2)22(24(31)32)29-23(30)17-6-4-16(5-7-17)21-13-10-19(14-26-21)28-25(33)27-18-8-11-20(34-3)12-9-18/h4-15,22H,1-3H3,(H,29,30)(H,31,32)(H2,27,28,33)/t22-/m0/s1. The van der Waals surface area contributed by atoms with E-state index in [4.69, 9.17) is 4.74 Å². The van der Waals surface area contributed by atoms with Crippen LogP contribution in [-0.2, 0) is 4.79 Å². The van der Waals surface area contributed by atoms with Gasteiger partial charge < -0.3 is 25.8 Å². The molecule has 0 aliphatic carbocycles. The molecule has 2 aromatic carbocycles. The van der Waals surface area contributed by atoms with Crippen LogP contribution in [0.4, 0.5) is 16.2 Å². The first-order chi connectivity index (χ1) is 16.3. The molecule has 0 saturated heterocycles. The number of amides is 3. The predicted molar refractivity (Wildman–Crippen MR) is 129 cm³/mol. The van der Waals surface area contributed by atoms with E-state index in [9.17, 15) is 19.5 Å². The summed E-state index contributed by atoms with van der Waals surface area (Å²) in [6, 6.07) is 15.7. The summed E-state index contributed by atoms with van der Waals surface area (Å²) in [5.41, 5.74) is 2.90. The molecule has 0 aliphatic rings. The molecule has 34 heavy (non-hydrogen) atoms. The number of carbonyl (C=O) groups excluding carboxylic acids is 2. The van der Waals surface area contributed by atoms with E-state index in [1.807, 2.05) is 0 Å². The molecule has 9 nitrogen and oxygen atoms in total. The van der Waals surface area contributed by atoms with Gasteiger partial charge in [-0.05, 0) is 54.4 Å². The average Bonchev–Trinajstić information content (AvgIpc) is 2.83. The third-order valence-electron chi connectivity index (χ3n) is 5.03. The lowest BCUT2D eigenvalue weighted by Crippen LogP contribution is -2.44. The Labute approximate surface area is 197 Å². The van der Waals surface area contributed by atoms with Gasteiger partial charge in [-0.3, -0.25) is 9.78 Å². The summed E-state index contributed by atoms with van der Waals surface area (Å²) < 4.78 is 5.09. The third-order valence-corrected chi connectivity index (χ3v) is 5.03. The molecule has 1 heterocycles. The van der Waals surface area contributed by atoms with Crippen LogP contribution in [0.2, 0.25) is 0 Å². The highest BCUT2D eigenvalue weighted by Gasteiger charge is 2.23. The smallest absolute Gasteiger partial charge is 0.326 e. The molecule has 3 amide bonds. The van der Waals surface area contributed by atoms with Crippen LogP contribution in [0, 0.1) is 5.92 Å². The number of hydrogen-bond acceptors (Lipinski definition) is 5. The molecule has 176 valence electrons. The number of carboxylic acid groups (broad SMARTS) is 1. The van der Waals surface area contributed by atoms with Gasteiger partial charge in [0.2, 0.25) is 0 Å². The Hall–Kier alpha value is -4.40. The minimum atomic E-state index is -1.07. The number of carbonyl (C=O) groups is 3. The van der Waals surface area contributed by atoms with Crippen molar-refractivity contribution in [1.29, 1.82) is 0 Å². The number of hydrogen-bond donors (Lipinski definition) is 4. The highest BCUT2D eigenvalue weighted by atomic mass is 16.5. The largest absolute Gasteiger partial charge is 0.497 e. The number of aromatic nitrogens is 1. The maximum atomic E-state index is 12.4. The van der Waals surface area contributed by atoms with Crippen LogP contribution < -0.4 is 20.7 Å². The molecule has 3 aromatic rings. The van der Waals surface area contributed by atoms with Crippen molar-refractivity contribution in [2.24, 2.45) is 5.92 Å². The SMILES string of the molecule is COc1ccc(NC(=O)Nc2ccc(-c3ccc(C(=O)N[C@H](C(=O)O)C(C)C)cc3)nc2)cc1. The van der Waals surface area contributed by atoms with Gasteiger partial charge in [0, 0.05) is 16.8 Å². The topological polar surface area (TPSA) is 130 Å². The van der Waals surface area contributed by atoms with Crippen LogP contribution >= 0.6 is 0 Å². The average molecular weight is 463 g/mol. The van der Waals surface area contributed by atoms with Crippen LogP contribution in [0.1, 0.15) is 24.2 Å². The number of carboxylic acids is 1. The molecule has 0 unspecified atom stereocenters. The molecule has 1 aromatic heterocycles. The molecule has 0 fully saturated rings. The first kappa shape index (κ1) is 24.2. The van der Waals surface area contributed by atoms with Gasteiger partial charge in [-0.25, -0.2) is 9.59 Å². The molecule has 0 radical (unpaired) electrons. The van der Waals surface area contributed by atoms with E-state index in [0.29, 0.717) is 28.4 Å². The number of urea groups is 1. The lowest BCUT2D eigenvalue weighted by Gasteiger charge is -2.17. The number of anilines is 2. The van der Waals surface area contributed by atoms with Gasteiger partial charge in [0.25, 0.3) is 5.91 Å². The normalized spacial score (nSPS) is 11.4. The molecule has 0 saturated carbocycles. The summed E-state index contributed by atoms with van der Waals surface area (Å²) >= 11 is 0. The van der Waals surface area contributed by atoms with E-state index in [0.717, 1.165) is 5.56 Å². The van der Waals surface area contributed by atoms with Crippen molar-refractivity contribution in [3.63, 3.8) is 0 Å². The first-order valence-electron chi connectivity index (χ1n) is 10.6. The van der Waals surface area contributed by atoms with Crippen molar-refractivity contribution in [2.45, 2.75) is 19.9 Å². The van der Waals surface area contributed by atoms with Crippen molar-refractivity contribution in [2.75, 3.05) is 17.7 Å². The Bertz CT molecular complexity index is 1140. The summed E-state index contributed by atoms with van der Waals surface area (Å²) in [4.78, 5) is 40.2. The lowest BCUT2D eigenvalue weighted by atomic mass is 10.0. The molecule has 0 bridgehead atoms. The van der Waals surface area contributed by atoms with Crippen LogP contribution in [0.5, 0.6) is 5.75 Å². The van der Waals surface area contributed by atoms with Crippen LogP contribution in [0.25, 0.3) is 11.3 Å². The molecule has 3 rings (SSSR count). The van der Waals surface area contributed by atoms with Crippen molar-refractivity contribution < 1.29 is 24.2 Å². The minimum Gasteiger partial charge on any atom is -0.497 e. The van der Waals surface area contributed by atoms with E-state index < -0.39 is 23.9 Å². The van der Waals surface area contributed by atoms with E-state index >= 15 is 0 Å². The summed E-state index contributed by atoms with van der Waals surface area (Å²) in [6.07, 6.45) is 1.53. The third kappa shape index (κ3) is 6.32. The van der Waals surface area contributed by atoms with E-state index in [1.165, 1.54) is 6.20 Å². The summed E-state index contributed by atoms with van der Waals surface area (Å²) in [7, 11) is 1.57. The van der Waals surface area contributed by atoms with Crippen molar-refractivity contribution in [3.05, 3.63) is 72.4 Å². The number of rotatable bonds is 8. The molecular weight excluding hydrogens is 436 g/mol. The van der Waals surface area contributed by atoms with Crippen LogP contribution in [0.15, 0.2) is 66.9 Å². The number of benzene rings is 2. The quantitative estimate of drug-likeness (QED) is 0.396. The second-order valence-electron chi connectivity index (χ2n) is 7.85. The van der Waals surface area contributed by atoms with Gasteiger partial charge in [0.05, 0.1) is 24.7 Å². The number of nitrogens with one attached hydrogen (secondary N) is 3. The Kier molecular flexibility index (Phi) is 7.81. The van der Waals surface area contributed by atoms with Crippen molar-refractivity contribution in [3.8, 4) is 17.0 Å².